The van der Waals surface area contributed by atoms with Gasteiger partial charge in [-0.05, 0) is 64.7 Å². The van der Waals surface area contributed by atoms with Gasteiger partial charge >= 0.3 is 0 Å². The van der Waals surface area contributed by atoms with Gasteiger partial charge in [-0.15, -0.1) is 0 Å². The smallest absolute Gasteiger partial charge is 0.159 e. The van der Waals surface area contributed by atoms with Gasteiger partial charge in [0, 0.05) is 49.6 Å². The summed E-state index contributed by atoms with van der Waals surface area (Å²) in [5, 5.41) is 8.66. The van der Waals surface area contributed by atoms with Crippen LogP contribution in [0.4, 0.5) is 0 Å². The summed E-state index contributed by atoms with van der Waals surface area (Å²) in [4.78, 5) is 11.0. The largest absolute Gasteiger partial charge is 0.344 e. The molecule has 0 radical (unpaired) electrons. The maximum atomic E-state index is 5.56. The Morgan fingerprint density at radius 2 is 0.887 bits per heavy atom. The molecule has 5 nitrogen and oxygen atoms in total. The molecule has 0 amide bonds. The lowest BCUT2D eigenvalue weighted by Gasteiger charge is -2.26. The van der Waals surface area contributed by atoms with E-state index in [4.69, 9.17) is 9.98 Å². The van der Waals surface area contributed by atoms with Gasteiger partial charge in [-0.1, -0.05) is 182 Å². The standard InChI is InChI=1S/C57H39N5/c1-4-17-38(18-5-1)39-31-33-40(34-32-39)44-23-10-11-26-49(44)56-58-55(41-35-36-47-45-24-12-14-29-51(45)61(53(47)37-41)42-19-6-2-7-20-42)59-57(60-56)50-28-16-27-48-46-25-13-15-30-52(46)62(54(48)50)43-21-8-3-9-22-43/h1-37,57H,(H,58,59,60). The van der Waals surface area contributed by atoms with Gasteiger partial charge in [-0.3, -0.25) is 0 Å². The van der Waals surface area contributed by atoms with E-state index in [0.29, 0.717) is 5.84 Å². The normalized spacial score (nSPS) is 14.0. The molecule has 12 rings (SSSR count). The Hall–Kier alpha value is -8.28. The van der Waals surface area contributed by atoms with Crippen LogP contribution in [0.15, 0.2) is 234 Å². The molecule has 0 saturated carbocycles. The van der Waals surface area contributed by atoms with E-state index in [0.717, 1.165) is 67.1 Å². The van der Waals surface area contributed by atoms with Crippen LogP contribution in [0.1, 0.15) is 22.9 Å². The number of aromatic nitrogens is 2. The minimum Gasteiger partial charge on any atom is -0.344 e. The number of fused-ring (bicyclic) bond motifs is 6. The summed E-state index contributed by atoms with van der Waals surface area (Å²) >= 11 is 0. The zero-order chi connectivity index (χ0) is 41.0. The van der Waals surface area contributed by atoms with Crippen LogP contribution in [0.3, 0.4) is 0 Å². The Labute approximate surface area is 359 Å². The first-order valence-corrected chi connectivity index (χ1v) is 21.1. The van der Waals surface area contributed by atoms with Crippen LogP contribution >= 0.6 is 0 Å². The second-order valence-electron chi connectivity index (χ2n) is 15.8. The molecular weight excluding hydrogens is 755 g/mol. The summed E-state index contributed by atoms with van der Waals surface area (Å²) in [6, 6.07) is 79.8. The molecule has 2 aromatic heterocycles. The SMILES string of the molecule is c1ccc(-c2ccc(-c3ccccc3C3=NC(c4ccc5c6ccccc6n(-c6ccccc6)c5c4)=NC(c4cccc5c6ccccc6n(-c6ccccc6)c45)N3)cc2)cc1. The van der Waals surface area contributed by atoms with Gasteiger partial charge in [0.1, 0.15) is 12.0 Å². The fourth-order valence-corrected chi connectivity index (χ4v) is 9.37. The molecular formula is C57H39N5. The van der Waals surface area contributed by atoms with E-state index in [-0.39, 0.29) is 0 Å². The van der Waals surface area contributed by atoms with Crippen LogP contribution < -0.4 is 5.32 Å². The van der Waals surface area contributed by atoms with Gasteiger partial charge in [-0.2, -0.15) is 0 Å². The highest BCUT2D eigenvalue weighted by Crippen LogP contribution is 2.39. The van der Waals surface area contributed by atoms with Gasteiger partial charge in [-0.25, -0.2) is 9.98 Å². The number of hydrogen-bond donors (Lipinski definition) is 1. The predicted octanol–water partition coefficient (Wildman–Crippen LogP) is 13.7. The van der Waals surface area contributed by atoms with Gasteiger partial charge in [0.2, 0.25) is 0 Å². The molecule has 1 N–H and O–H groups in total. The Balaban J connectivity index is 1.07. The molecule has 0 saturated heterocycles. The van der Waals surface area contributed by atoms with E-state index in [1.807, 2.05) is 0 Å². The molecule has 1 atom stereocenters. The number of amidine groups is 2. The molecule has 0 aliphatic carbocycles. The van der Waals surface area contributed by atoms with Crippen LogP contribution in [0, 0.1) is 0 Å². The van der Waals surface area contributed by atoms with Crippen molar-refractivity contribution in [2.45, 2.75) is 6.17 Å². The average Bonchev–Trinajstić information content (AvgIpc) is 3.87. The van der Waals surface area contributed by atoms with E-state index >= 15 is 0 Å². The molecule has 5 heteroatoms. The van der Waals surface area contributed by atoms with Crippen molar-refractivity contribution in [2.75, 3.05) is 0 Å². The summed E-state index contributed by atoms with van der Waals surface area (Å²) < 4.78 is 4.74. The summed E-state index contributed by atoms with van der Waals surface area (Å²) in [6.07, 6.45) is -0.461. The molecule has 0 fully saturated rings. The van der Waals surface area contributed by atoms with Crippen molar-refractivity contribution < 1.29 is 0 Å². The molecule has 1 aliphatic heterocycles. The van der Waals surface area contributed by atoms with Crippen molar-refractivity contribution >= 4 is 55.3 Å². The molecule has 292 valence electrons. The second-order valence-corrected chi connectivity index (χ2v) is 15.8. The maximum Gasteiger partial charge on any atom is 0.159 e. The number of nitrogens with one attached hydrogen (secondary N) is 1. The molecule has 1 unspecified atom stereocenters. The van der Waals surface area contributed by atoms with Crippen molar-refractivity contribution in [2.24, 2.45) is 9.98 Å². The summed E-state index contributed by atoms with van der Waals surface area (Å²) in [5.74, 6) is 1.44. The molecule has 3 heterocycles. The molecule has 9 aromatic carbocycles. The van der Waals surface area contributed by atoms with E-state index in [1.54, 1.807) is 0 Å². The zero-order valence-corrected chi connectivity index (χ0v) is 33.7. The quantitative estimate of drug-likeness (QED) is 0.172. The van der Waals surface area contributed by atoms with Crippen LogP contribution in [0.5, 0.6) is 0 Å². The molecule has 0 bridgehead atoms. The lowest BCUT2D eigenvalue weighted by molar-refractivity contribution is 0.677. The third kappa shape index (κ3) is 5.94. The number of aliphatic imine (C=N–C) groups is 2. The Kier molecular flexibility index (Phi) is 8.49. The topological polar surface area (TPSA) is 46.6 Å². The van der Waals surface area contributed by atoms with Crippen LogP contribution in [-0.2, 0) is 0 Å². The van der Waals surface area contributed by atoms with E-state index in [9.17, 15) is 0 Å². The summed E-state index contributed by atoms with van der Waals surface area (Å²) in [7, 11) is 0. The first-order valence-electron chi connectivity index (χ1n) is 21.1. The maximum absolute atomic E-state index is 5.56. The highest BCUT2D eigenvalue weighted by atomic mass is 15.2. The lowest BCUT2D eigenvalue weighted by Crippen LogP contribution is -2.34. The van der Waals surface area contributed by atoms with Gasteiger partial charge in [0.15, 0.2) is 5.84 Å². The Bertz CT molecular complexity index is 3520. The monoisotopic (exact) mass is 793 g/mol. The minimum absolute atomic E-state index is 0.461. The van der Waals surface area contributed by atoms with Crippen molar-refractivity contribution in [3.8, 4) is 33.6 Å². The zero-order valence-electron chi connectivity index (χ0n) is 33.7. The molecule has 1 aliphatic rings. The summed E-state index contributed by atoms with van der Waals surface area (Å²) in [6.45, 7) is 0. The number of nitrogens with zero attached hydrogens (tertiary/aromatic N) is 4. The van der Waals surface area contributed by atoms with Crippen molar-refractivity contribution in [3.63, 3.8) is 0 Å². The van der Waals surface area contributed by atoms with Crippen LogP contribution in [0.25, 0.3) is 77.2 Å². The predicted molar refractivity (Wildman–Crippen MR) is 258 cm³/mol. The Morgan fingerprint density at radius 3 is 1.61 bits per heavy atom. The van der Waals surface area contributed by atoms with Gasteiger partial charge in [0.05, 0.1) is 22.1 Å². The van der Waals surface area contributed by atoms with Crippen LogP contribution in [-0.4, -0.2) is 20.8 Å². The number of rotatable bonds is 7. The fourth-order valence-electron chi connectivity index (χ4n) is 9.37. The average molecular weight is 794 g/mol. The first kappa shape index (κ1) is 35.6. The van der Waals surface area contributed by atoms with Gasteiger partial charge < -0.3 is 14.5 Å². The molecule has 0 spiro atoms. The van der Waals surface area contributed by atoms with E-state index < -0.39 is 6.17 Å². The Morgan fingerprint density at radius 1 is 0.371 bits per heavy atom. The van der Waals surface area contributed by atoms with Crippen molar-refractivity contribution in [3.05, 3.63) is 241 Å². The third-order valence-electron chi connectivity index (χ3n) is 12.2. The number of hydrogen-bond acceptors (Lipinski definition) is 3. The molecule has 11 aromatic rings. The number of benzene rings is 9. The highest BCUT2D eigenvalue weighted by molar-refractivity contribution is 6.18. The third-order valence-corrected chi connectivity index (χ3v) is 12.2. The first-order chi connectivity index (χ1) is 30.8. The van der Waals surface area contributed by atoms with Crippen LogP contribution in [0.2, 0.25) is 0 Å². The fraction of sp³-hybridized carbons (Fsp3) is 0.0175. The minimum atomic E-state index is -0.461. The van der Waals surface area contributed by atoms with E-state index in [1.165, 1.54) is 32.7 Å². The second kappa shape index (κ2) is 14.8. The number of para-hydroxylation sites is 5. The van der Waals surface area contributed by atoms with Crippen molar-refractivity contribution in [1.82, 2.24) is 14.5 Å². The van der Waals surface area contributed by atoms with Gasteiger partial charge in [0.25, 0.3) is 0 Å². The van der Waals surface area contributed by atoms with E-state index in [2.05, 4.69) is 239 Å². The van der Waals surface area contributed by atoms with Crippen molar-refractivity contribution in [1.29, 1.82) is 0 Å². The lowest BCUT2D eigenvalue weighted by atomic mass is 9.96. The summed E-state index contributed by atoms with van der Waals surface area (Å²) in [5.41, 5.74) is 14.3. The highest BCUT2D eigenvalue weighted by Gasteiger charge is 2.27. The molecule has 62 heavy (non-hydrogen) atoms.